The normalized spacial score (nSPS) is 10.9. The molecular formula is C20H14N2O4S2. The average molecular weight is 410 g/mol. The Hall–Kier alpha value is -3.10. The van der Waals surface area contributed by atoms with Gasteiger partial charge in [0.15, 0.2) is 4.96 Å². The molecule has 0 saturated heterocycles. The van der Waals surface area contributed by atoms with Gasteiger partial charge in [0.25, 0.3) is 5.56 Å². The maximum absolute atomic E-state index is 12.6. The molecule has 140 valence electrons. The lowest BCUT2D eigenvalue weighted by molar-refractivity contribution is 0.0465. The minimum absolute atomic E-state index is 0.150. The van der Waals surface area contributed by atoms with Gasteiger partial charge in [-0.25, -0.2) is 9.78 Å². The van der Waals surface area contributed by atoms with Gasteiger partial charge in [-0.3, -0.25) is 14.0 Å². The number of thiazole rings is 1. The predicted molar refractivity (Wildman–Crippen MR) is 107 cm³/mol. The third-order valence-corrected chi connectivity index (χ3v) is 5.93. The summed E-state index contributed by atoms with van der Waals surface area (Å²) >= 11 is 2.66. The van der Waals surface area contributed by atoms with E-state index < -0.39 is 5.97 Å². The number of ether oxygens (including phenoxy) is 1. The third kappa shape index (κ3) is 3.39. The molecule has 0 spiro atoms. The quantitative estimate of drug-likeness (QED) is 0.370. The Bertz CT molecular complexity index is 1240. The molecular weight excluding hydrogens is 396 g/mol. The zero-order valence-corrected chi connectivity index (χ0v) is 16.4. The first kappa shape index (κ1) is 18.3. The second kappa shape index (κ2) is 7.49. The first-order valence-corrected chi connectivity index (χ1v) is 10.1. The molecule has 0 aliphatic heterocycles. The molecule has 0 unspecified atom stereocenters. The SMILES string of the molecule is Cc1csc2nc(COC(=O)c3ccccc3C(=O)c3cccs3)cc(=O)n12. The Kier molecular flexibility index (Phi) is 4.89. The summed E-state index contributed by atoms with van der Waals surface area (Å²) in [6, 6.07) is 11.4. The number of esters is 1. The van der Waals surface area contributed by atoms with E-state index in [1.54, 1.807) is 41.8 Å². The van der Waals surface area contributed by atoms with E-state index in [0.29, 0.717) is 15.5 Å². The molecule has 0 fully saturated rings. The van der Waals surface area contributed by atoms with Crippen LogP contribution in [-0.4, -0.2) is 21.1 Å². The highest BCUT2D eigenvalue weighted by Gasteiger charge is 2.20. The molecule has 0 atom stereocenters. The average Bonchev–Trinajstić information content (AvgIpc) is 3.36. The standard InChI is InChI=1S/C20H14N2O4S2/c1-12-11-28-20-21-13(9-17(23)22(12)20)10-26-19(25)15-6-3-2-5-14(15)18(24)16-7-4-8-27-16/h2-9,11H,10H2,1H3. The van der Waals surface area contributed by atoms with Gasteiger partial charge < -0.3 is 4.74 Å². The van der Waals surface area contributed by atoms with Crippen molar-refractivity contribution in [2.75, 3.05) is 0 Å². The van der Waals surface area contributed by atoms with Crippen LogP contribution in [0, 0.1) is 6.92 Å². The van der Waals surface area contributed by atoms with Gasteiger partial charge in [0, 0.05) is 22.7 Å². The largest absolute Gasteiger partial charge is 0.456 e. The molecule has 0 aliphatic carbocycles. The summed E-state index contributed by atoms with van der Waals surface area (Å²) in [7, 11) is 0. The third-order valence-electron chi connectivity index (χ3n) is 4.12. The molecule has 4 rings (SSSR count). The number of aromatic nitrogens is 2. The summed E-state index contributed by atoms with van der Waals surface area (Å²) in [5, 5.41) is 3.65. The fourth-order valence-electron chi connectivity index (χ4n) is 2.79. The number of hydrogen-bond acceptors (Lipinski definition) is 7. The minimum atomic E-state index is -0.634. The van der Waals surface area contributed by atoms with E-state index in [0.717, 1.165) is 5.69 Å². The van der Waals surface area contributed by atoms with Crippen molar-refractivity contribution in [2.45, 2.75) is 13.5 Å². The Morgan fingerprint density at radius 3 is 2.64 bits per heavy atom. The summed E-state index contributed by atoms with van der Waals surface area (Å²) in [4.78, 5) is 42.9. The van der Waals surface area contributed by atoms with E-state index >= 15 is 0 Å². The van der Waals surface area contributed by atoms with Crippen molar-refractivity contribution in [3.63, 3.8) is 0 Å². The molecule has 3 aromatic heterocycles. The fourth-order valence-corrected chi connectivity index (χ4v) is 4.36. The highest BCUT2D eigenvalue weighted by atomic mass is 32.1. The van der Waals surface area contributed by atoms with Gasteiger partial charge in [-0.2, -0.15) is 0 Å². The highest BCUT2D eigenvalue weighted by molar-refractivity contribution is 7.15. The van der Waals surface area contributed by atoms with Crippen LogP contribution in [0.1, 0.15) is 37.0 Å². The van der Waals surface area contributed by atoms with Crippen LogP contribution in [0.2, 0.25) is 0 Å². The number of benzene rings is 1. The molecule has 6 nitrogen and oxygen atoms in total. The van der Waals surface area contributed by atoms with Gasteiger partial charge in [0.2, 0.25) is 5.78 Å². The molecule has 0 aliphatic rings. The maximum atomic E-state index is 12.6. The Morgan fingerprint density at radius 2 is 1.89 bits per heavy atom. The van der Waals surface area contributed by atoms with Crippen molar-refractivity contribution >= 4 is 39.4 Å². The zero-order valence-electron chi connectivity index (χ0n) is 14.7. The van der Waals surface area contributed by atoms with Crippen molar-refractivity contribution in [3.8, 4) is 0 Å². The highest BCUT2D eigenvalue weighted by Crippen LogP contribution is 2.19. The number of carbonyl (C=O) groups is 2. The smallest absolute Gasteiger partial charge is 0.339 e. The minimum Gasteiger partial charge on any atom is -0.456 e. The lowest BCUT2D eigenvalue weighted by atomic mass is 10.0. The lowest BCUT2D eigenvalue weighted by Crippen LogP contribution is -2.17. The molecule has 0 amide bonds. The number of thiophene rings is 1. The molecule has 0 saturated carbocycles. The molecule has 8 heteroatoms. The molecule has 0 radical (unpaired) electrons. The second-order valence-electron chi connectivity index (χ2n) is 6.01. The van der Waals surface area contributed by atoms with E-state index in [4.69, 9.17) is 4.74 Å². The van der Waals surface area contributed by atoms with Crippen molar-refractivity contribution in [1.29, 1.82) is 0 Å². The molecule has 0 bridgehead atoms. The predicted octanol–water partition coefficient (Wildman–Crippen LogP) is 3.71. The summed E-state index contributed by atoms with van der Waals surface area (Å²) in [6.07, 6.45) is 0. The Morgan fingerprint density at radius 1 is 1.11 bits per heavy atom. The van der Waals surface area contributed by atoms with Crippen LogP contribution in [0.25, 0.3) is 4.96 Å². The number of hydrogen-bond donors (Lipinski definition) is 0. The van der Waals surface area contributed by atoms with Crippen LogP contribution in [0.15, 0.2) is 58.0 Å². The van der Waals surface area contributed by atoms with Gasteiger partial charge >= 0.3 is 5.97 Å². The van der Waals surface area contributed by atoms with Crippen LogP contribution in [-0.2, 0) is 11.3 Å². The van der Waals surface area contributed by atoms with Crippen LogP contribution >= 0.6 is 22.7 Å². The topological polar surface area (TPSA) is 77.7 Å². The van der Waals surface area contributed by atoms with Crippen molar-refractivity contribution < 1.29 is 14.3 Å². The zero-order chi connectivity index (χ0) is 19.7. The molecule has 28 heavy (non-hydrogen) atoms. The number of rotatable bonds is 5. The molecule has 0 N–H and O–H groups in total. The van der Waals surface area contributed by atoms with Gasteiger partial charge in [0.1, 0.15) is 6.61 Å². The van der Waals surface area contributed by atoms with Crippen LogP contribution in [0.3, 0.4) is 0 Å². The number of aryl methyl sites for hydroxylation is 1. The van der Waals surface area contributed by atoms with E-state index in [1.807, 2.05) is 12.3 Å². The molecule has 3 heterocycles. The molecule has 1 aromatic carbocycles. The van der Waals surface area contributed by atoms with Crippen LogP contribution in [0.5, 0.6) is 0 Å². The van der Waals surface area contributed by atoms with E-state index in [1.165, 1.54) is 33.1 Å². The van der Waals surface area contributed by atoms with E-state index in [-0.39, 0.29) is 29.1 Å². The fraction of sp³-hybridized carbons (Fsp3) is 0.100. The summed E-state index contributed by atoms with van der Waals surface area (Å²) in [6.45, 7) is 1.68. The number of nitrogens with zero attached hydrogens (tertiary/aromatic N) is 2. The van der Waals surface area contributed by atoms with Gasteiger partial charge in [-0.1, -0.05) is 24.3 Å². The van der Waals surface area contributed by atoms with Crippen molar-refractivity contribution in [3.05, 3.63) is 91.0 Å². The summed E-state index contributed by atoms with van der Waals surface area (Å²) in [5.41, 5.74) is 1.42. The Balaban J connectivity index is 1.57. The maximum Gasteiger partial charge on any atom is 0.339 e. The second-order valence-corrected chi connectivity index (χ2v) is 7.79. The number of carbonyl (C=O) groups excluding carboxylic acids is 2. The van der Waals surface area contributed by atoms with Crippen LogP contribution in [0.4, 0.5) is 0 Å². The van der Waals surface area contributed by atoms with Crippen molar-refractivity contribution in [1.82, 2.24) is 9.38 Å². The number of fused-ring (bicyclic) bond motifs is 1. The van der Waals surface area contributed by atoms with E-state index in [2.05, 4.69) is 4.98 Å². The first-order valence-electron chi connectivity index (χ1n) is 8.36. The summed E-state index contributed by atoms with van der Waals surface area (Å²) < 4.78 is 6.84. The molecule has 4 aromatic rings. The van der Waals surface area contributed by atoms with Crippen LogP contribution < -0.4 is 5.56 Å². The van der Waals surface area contributed by atoms with Crippen molar-refractivity contribution in [2.24, 2.45) is 0 Å². The van der Waals surface area contributed by atoms with Gasteiger partial charge in [0.05, 0.1) is 16.1 Å². The first-order chi connectivity index (χ1) is 13.5. The van der Waals surface area contributed by atoms with E-state index in [9.17, 15) is 14.4 Å². The van der Waals surface area contributed by atoms with Gasteiger partial charge in [-0.15, -0.1) is 22.7 Å². The monoisotopic (exact) mass is 410 g/mol. The number of ketones is 1. The van der Waals surface area contributed by atoms with Gasteiger partial charge in [-0.05, 0) is 24.4 Å². The lowest BCUT2D eigenvalue weighted by Gasteiger charge is -2.08. The Labute approximate surface area is 167 Å². The summed E-state index contributed by atoms with van der Waals surface area (Å²) in [5.74, 6) is -0.862.